The second kappa shape index (κ2) is 7.29. The highest BCUT2D eigenvalue weighted by Gasteiger charge is 2.18. The van der Waals surface area contributed by atoms with E-state index in [2.05, 4.69) is 43.1 Å². The van der Waals surface area contributed by atoms with E-state index in [-0.39, 0.29) is 0 Å². The molecule has 7 nitrogen and oxygen atoms in total. The Morgan fingerprint density at radius 1 is 1.04 bits per heavy atom. The van der Waals surface area contributed by atoms with Crippen LogP contribution in [0, 0.1) is 0 Å². The summed E-state index contributed by atoms with van der Waals surface area (Å²) in [5.41, 5.74) is 2.24. The third-order valence-electron chi connectivity index (χ3n) is 4.96. The quantitative estimate of drug-likeness (QED) is 0.698. The number of aromatic nitrogens is 4. The smallest absolute Gasteiger partial charge is 0.139 e. The molecule has 0 bridgehead atoms. The molecule has 0 N–H and O–H groups in total. The number of benzene rings is 1. The molecule has 2 aromatic heterocycles. The molecule has 0 radical (unpaired) electrons. The van der Waals surface area contributed by atoms with Crippen molar-refractivity contribution in [2.24, 2.45) is 0 Å². The molecule has 4 rings (SSSR count). The first-order valence-electron chi connectivity index (χ1n) is 9.07. The van der Waals surface area contributed by atoms with Gasteiger partial charge in [0.2, 0.25) is 0 Å². The van der Waals surface area contributed by atoms with Gasteiger partial charge in [0.1, 0.15) is 12.1 Å². The Hall–Kier alpha value is -2.67. The van der Waals surface area contributed by atoms with Crippen molar-refractivity contribution in [1.29, 1.82) is 0 Å². The molecule has 0 saturated carbocycles. The summed E-state index contributed by atoms with van der Waals surface area (Å²) in [6, 6.07) is 8.48. The highest BCUT2D eigenvalue weighted by Crippen LogP contribution is 2.27. The summed E-state index contributed by atoms with van der Waals surface area (Å²) in [6.45, 7) is 6.22. The Balaban J connectivity index is 1.43. The van der Waals surface area contributed by atoms with Crippen LogP contribution in [0.15, 0.2) is 43.0 Å². The SMILES string of the molecule is CN(C)c1ncnc2ccc(N3CCN(CCn4cccn4)CC3)cc12. The lowest BCUT2D eigenvalue weighted by Gasteiger charge is -2.36. The van der Waals surface area contributed by atoms with Gasteiger partial charge in [0.25, 0.3) is 0 Å². The summed E-state index contributed by atoms with van der Waals surface area (Å²) in [5.74, 6) is 0.967. The summed E-state index contributed by atoms with van der Waals surface area (Å²) in [7, 11) is 4.04. The van der Waals surface area contributed by atoms with E-state index in [1.807, 2.05) is 42.1 Å². The molecule has 0 aliphatic carbocycles. The number of fused-ring (bicyclic) bond motifs is 1. The largest absolute Gasteiger partial charge is 0.369 e. The van der Waals surface area contributed by atoms with Crippen LogP contribution >= 0.6 is 0 Å². The van der Waals surface area contributed by atoms with Gasteiger partial charge in [-0.05, 0) is 24.3 Å². The number of piperazine rings is 1. The highest BCUT2D eigenvalue weighted by molar-refractivity contribution is 5.91. The second-order valence-corrected chi connectivity index (χ2v) is 6.89. The molecule has 1 aliphatic heterocycles. The average Bonchev–Trinajstić information content (AvgIpc) is 3.19. The van der Waals surface area contributed by atoms with E-state index in [9.17, 15) is 0 Å². The lowest BCUT2D eigenvalue weighted by molar-refractivity contribution is 0.244. The molecule has 1 fully saturated rings. The van der Waals surface area contributed by atoms with Crippen molar-refractivity contribution in [2.75, 3.05) is 56.6 Å². The number of anilines is 2. The fourth-order valence-corrected chi connectivity index (χ4v) is 3.49. The molecule has 136 valence electrons. The predicted octanol–water partition coefficient (Wildman–Crippen LogP) is 1.71. The van der Waals surface area contributed by atoms with Crippen LogP contribution in [0.4, 0.5) is 11.5 Å². The van der Waals surface area contributed by atoms with Gasteiger partial charge < -0.3 is 9.80 Å². The Morgan fingerprint density at radius 2 is 1.88 bits per heavy atom. The topological polar surface area (TPSA) is 53.3 Å². The zero-order valence-electron chi connectivity index (χ0n) is 15.4. The van der Waals surface area contributed by atoms with Crippen molar-refractivity contribution in [3.05, 3.63) is 43.0 Å². The van der Waals surface area contributed by atoms with Crippen LogP contribution in [0.1, 0.15) is 0 Å². The Bertz CT molecular complexity index is 851. The van der Waals surface area contributed by atoms with E-state index in [1.54, 1.807) is 6.33 Å². The molecule has 1 saturated heterocycles. The maximum absolute atomic E-state index is 4.43. The van der Waals surface area contributed by atoms with Crippen LogP contribution in [0.3, 0.4) is 0 Å². The van der Waals surface area contributed by atoms with E-state index in [4.69, 9.17) is 0 Å². The normalized spacial score (nSPS) is 15.5. The molecule has 0 unspecified atom stereocenters. The van der Waals surface area contributed by atoms with Crippen molar-refractivity contribution < 1.29 is 0 Å². The maximum atomic E-state index is 4.43. The lowest BCUT2D eigenvalue weighted by atomic mass is 10.1. The predicted molar refractivity (Wildman–Crippen MR) is 105 cm³/mol. The first kappa shape index (κ1) is 16.8. The van der Waals surface area contributed by atoms with Crippen LogP contribution in [0.5, 0.6) is 0 Å². The third-order valence-corrected chi connectivity index (χ3v) is 4.96. The molecule has 26 heavy (non-hydrogen) atoms. The number of hydrogen-bond acceptors (Lipinski definition) is 6. The maximum Gasteiger partial charge on any atom is 0.139 e. The van der Waals surface area contributed by atoms with E-state index >= 15 is 0 Å². The Labute approximate surface area is 153 Å². The third kappa shape index (κ3) is 3.48. The van der Waals surface area contributed by atoms with E-state index < -0.39 is 0 Å². The standard InChI is InChI=1S/C19H25N7/c1-23(2)19-17-14-16(4-5-18(17)20-15-21-19)25-11-8-24(9-12-25)10-13-26-7-3-6-22-26/h3-7,14-15H,8-13H2,1-2H3. The van der Waals surface area contributed by atoms with Gasteiger partial charge >= 0.3 is 0 Å². The van der Waals surface area contributed by atoms with Crippen LogP contribution in [0.2, 0.25) is 0 Å². The molecule has 0 atom stereocenters. The van der Waals surface area contributed by atoms with Gasteiger partial charge in [-0.3, -0.25) is 9.58 Å². The van der Waals surface area contributed by atoms with Gasteiger partial charge in [-0.1, -0.05) is 0 Å². The van der Waals surface area contributed by atoms with Gasteiger partial charge in [0, 0.05) is 70.3 Å². The summed E-state index contributed by atoms with van der Waals surface area (Å²) in [5, 5.41) is 5.39. The van der Waals surface area contributed by atoms with E-state index in [1.165, 1.54) is 5.69 Å². The molecule has 3 heterocycles. The molecule has 1 aromatic carbocycles. The van der Waals surface area contributed by atoms with Crippen LogP contribution in [-0.4, -0.2) is 71.5 Å². The van der Waals surface area contributed by atoms with Gasteiger partial charge in [0.15, 0.2) is 0 Å². The van der Waals surface area contributed by atoms with Crippen LogP contribution in [0.25, 0.3) is 10.9 Å². The minimum Gasteiger partial charge on any atom is -0.369 e. The number of rotatable bonds is 5. The summed E-state index contributed by atoms with van der Waals surface area (Å²) >= 11 is 0. The minimum atomic E-state index is 0.951. The number of nitrogens with zero attached hydrogens (tertiary/aromatic N) is 7. The molecule has 7 heteroatoms. The van der Waals surface area contributed by atoms with Crippen LogP contribution < -0.4 is 9.80 Å². The van der Waals surface area contributed by atoms with Gasteiger partial charge in [-0.15, -0.1) is 0 Å². The molecular formula is C19H25N7. The molecule has 1 aliphatic rings. The van der Waals surface area contributed by atoms with Crippen molar-refractivity contribution in [3.8, 4) is 0 Å². The summed E-state index contributed by atoms with van der Waals surface area (Å²) in [4.78, 5) is 15.8. The molecule has 3 aromatic rings. The minimum absolute atomic E-state index is 0.951. The summed E-state index contributed by atoms with van der Waals surface area (Å²) < 4.78 is 2.00. The number of hydrogen-bond donors (Lipinski definition) is 0. The van der Waals surface area contributed by atoms with Crippen molar-refractivity contribution in [3.63, 3.8) is 0 Å². The first-order chi connectivity index (χ1) is 12.7. The lowest BCUT2D eigenvalue weighted by Crippen LogP contribution is -2.47. The Kier molecular flexibility index (Phi) is 4.71. The molecule has 0 spiro atoms. The average molecular weight is 351 g/mol. The second-order valence-electron chi connectivity index (χ2n) is 6.89. The van der Waals surface area contributed by atoms with Gasteiger partial charge in [0.05, 0.1) is 12.1 Å². The van der Waals surface area contributed by atoms with Gasteiger partial charge in [-0.2, -0.15) is 5.10 Å². The zero-order chi connectivity index (χ0) is 17.9. The van der Waals surface area contributed by atoms with Crippen molar-refractivity contribution in [2.45, 2.75) is 6.54 Å². The van der Waals surface area contributed by atoms with Gasteiger partial charge in [-0.25, -0.2) is 9.97 Å². The molecule has 0 amide bonds. The van der Waals surface area contributed by atoms with Crippen molar-refractivity contribution >= 4 is 22.4 Å². The van der Waals surface area contributed by atoms with E-state index in [0.717, 1.165) is 56.0 Å². The first-order valence-corrected chi connectivity index (χ1v) is 9.07. The fourth-order valence-electron chi connectivity index (χ4n) is 3.49. The fraction of sp³-hybridized carbons (Fsp3) is 0.421. The highest BCUT2D eigenvalue weighted by atomic mass is 15.3. The monoisotopic (exact) mass is 351 g/mol. The van der Waals surface area contributed by atoms with Crippen LogP contribution in [-0.2, 0) is 6.54 Å². The van der Waals surface area contributed by atoms with Crippen molar-refractivity contribution in [1.82, 2.24) is 24.6 Å². The Morgan fingerprint density at radius 3 is 2.62 bits per heavy atom. The molecular weight excluding hydrogens is 326 g/mol. The zero-order valence-corrected chi connectivity index (χ0v) is 15.4. The van der Waals surface area contributed by atoms with E-state index in [0.29, 0.717) is 0 Å². The summed E-state index contributed by atoms with van der Waals surface area (Å²) in [6.07, 6.45) is 5.49.